The quantitative estimate of drug-likeness (QED) is 0.837. The summed E-state index contributed by atoms with van der Waals surface area (Å²) in [5.41, 5.74) is 1.02. The minimum Gasteiger partial charge on any atom is -0.508 e. The molecule has 0 saturated carbocycles. The third-order valence-corrected chi connectivity index (χ3v) is 2.76. The molecule has 0 spiro atoms. The highest BCUT2D eigenvalue weighted by Crippen LogP contribution is 2.19. The highest BCUT2D eigenvalue weighted by Gasteiger charge is 2.11. The molecule has 0 saturated heterocycles. The number of nitrogens with one attached hydrogen (secondary N) is 1. The predicted molar refractivity (Wildman–Crippen MR) is 65.0 cm³/mol. The molecule has 2 N–H and O–H groups in total. The molecule has 1 amide bonds. The molecule has 0 aliphatic heterocycles. The summed E-state index contributed by atoms with van der Waals surface area (Å²) in [6, 6.07) is 4.86. The van der Waals surface area contributed by atoms with E-state index in [1.54, 1.807) is 43.1 Å². The van der Waals surface area contributed by atoms with Crippen molar-refractivity contribution in [2.75, 3.05) is 0 Å². The second kappa shape index (κ2) is 4.87. The largest absolute Gasteiger partial charge is 0.508 e. The zero-order chi connectivity index (χ0) is 13.1. The summed E-state index contributed by atoms with van der Waals surface area (Å²) in [5, 5.41) is 19.9. The van der Waals surface area contributed by atoms with Gasteiger partial charge in [0.2, 0.25) is 0 Å². The van der Waals surface area contributed by atoms with Crippen LogP contribution in [-0.4, -0.2) is 25.8 Å². The van der Waals surface area contributed by atoms with E-state index in [1.165, 1.54) is 0 Å². The summed E-state index contributed by atoms with van der Waals surface area (Å²) in [6.07, 6.45) is 1.57. The minimum atomic E-state index is -0.244. The van der Waals surface area contributed by atoms with Crippen molar-refractivity contribution in [1.29, 1.82) is 0 Å². The molecular weight excluding hydrogens is 232 g/mol. The predicted octanol–water partition coefficient (Wildman–Crippen LogP) is 0.759. The first-order valence-electron chi connectivity index (χ1n) is 5.49. The summed E-state index contributed by atoms with van der Waals surface area (Å²) in [4.78, 5) is 11.9. The maximum atomic E-state index is 11.9. The molecule has 1 aromatic carbocycles. The van der Waals surface area contributed by atoms with Gasteiger partial charge in [-0.1, -0.05) is 6.07 Å². The zero-order valence-corrected chi connectivity index (χ0v) is 10.2. The van der Waals surface area contributed by atoms with Gasteiger partial charge in [-0.15, -0.1) is 10.2 Å². The van der Waals surface area contributed by atoms with Gasteiger partial charge in [0.1, 0.15) is 12.1 Å². The lowest BCUT2D eigenvalue weighted by atomic mass is 10.1. The van der Waals surface area contributed by atoms with Crippen LogP contribution in [0.4, 0.5) is 0 Å². The first-order valence-corrected chi connectivity index (χ1v) is 5.49. The number of rotatable bonds is 3. The average molecular weight is 246 g/mol. The molecule has 94 valence electrons. The second-order valence-electron chi connectivity index (χ2n) is 3.99. The van der Waals surface area contributed by atoms with Crippen molar-refractivity contribution in [3.05, 3.63) is 41.5 Å². The fourth-order valence-electron chi connectivity index (χ4n) is 1.59. The molecule has 6 nitrogen and oxygen atoms in total. The molecule has 1 aromatic heterocycles. The zero-order valence-electron chi connectivity index (χ0n) is 10.2. The molecular formula is C12H14N4O2. The van der Waals surface area contributed by atoms with Crippen LogP contribution in [0.2, 0.25) is 0 Å². The van der Waals surface area contributed by atoms with Crippen LogP contribution in [0.15, 0.2) is 24.5 Å². The minimum absolute atomic E-state index is 0.112. The van der Waals surface area contributed by atoms with Gasteiger partial charge in [0, 0.05) is 18.2 Å². The van der Waals surface area contributed by atoms with Gasteiger partial charge in [-0.2, -0.15) is 0 Å². The number of hydrogen-bond acceptors (Lipinski definition) is 4. The standard InChI is InChI=1S/C12H14N4O2/c1-8-9(4-3-5-10(8)17)12(18)13-6-11-15-14-7-16(11)2/h3-5,7,17H,6H2,1-2H3,(H,13,18). The van der Waals surface area contributed by atoms with Gasteiger partial charge in [-0.05, 0) is 19.1 Å². The maximum absolute atomic E-state index is 11.9. The number of nitrogens with zero attached hydrogens (tertiary/aromatic N) is 3. The monoisotopic (exact) mass is 246 g/mol. The number of aromatic hydroxyl groups is 1. The number of phenolic OH excluding ortho intramolecular Hbond substituents is 1. The number of carbonyl (C=O) groups is 1. The molecule has 0 fully saturated rings. The number of benzene rings is 1. The van der Waals surface area contributed by atoms with Crippen molar-refractivity contribution < 1.29 is 9.90 Å². The van der Waals surface area contributed by atoms with Crippen molar-refractivity contribution in [1.82, 2.24) is 20.1 Å². The van der Waals surface area contributed by atoms with Crippen molar-refractivity contribution >= 4 is 5.91 Å². The molecule has 1 heterocycles. The summed E-state index contributed by atoms with van der Waals surface area (Å²) in [5.74, 6) is 0.536. The lowest BCUT2D eigenvalue weighted by Gasteiger charge is -2.08. The van der Waals surface area contributed by atoms with Crippen LogP contribution >= 0.6 is 0 Å². The summed E-state index contributed by atoms with van der Waals surface area (Å²) >= 11 is 0. The first kappa shape index (κ1) is 12.1. The molecule has 2 aromatic rings. The average Bonchev–Trinajstić information content (AvgIpc) is 2.75. The smallest absolute Gasteiger partial charge is 0.252 e. The van der Waals surface area contributed by atoms with Gasteiger partial charge in [0.05, 0.1) is 6.54 Å². The van der Waals surface area contributed by atoms with Gasteiger partial charge in [-0.3, -0.25) is 4.79 Å². The van der Waals surface area contributed by atoms with Gasteiger partial charge >= 0.3 is 0 Å². The van der Waals surface area contributed by atoms with E-state index in [2.05, 4.69) is 15.5 Å². The summed E-state index contributed by atoms with van der Waals surface area (Å²) < 4.78 is 1.73. The molecule has 0 unspecified atom stereocenters. The Hall–Kier alpha value is -2.37. The van der Waals surface area contributed by atoms with Gasteiger partial charge in [0.15, 0.2) is 5.82 Å². The molecule has 6 heteroatoms. The SMILES string of the molecule is Cc1c(O)cccc1C(=O)NCc1nncn1C. The van der Waals surface area contributed by atoms with Crippen molar-refractivity contribution in [2.24, 2.45) is 7.05 Å². The fourth-order valence-corrected chi connectivity index (χ4v) is 1.59. The first-order chi connectivity index (χ1) is 8.59. The Morgan fingerprint density at radius 3 is 2.94 bits per heavy atom. The number of amides is 1. The van der Waals surface area contributed by atoms with Crippen LogP contribution in [0.1, 0.15) is 21.7 Å². The Morgan fingerprint density at radius 1 is 1.50 bits per heavy atom. The Bertz CT molecular complexity index is 577. The summed E-state index contributed by atoms with van der Waals surface area (Å²) in [6.45, 7) is 2.00. The maximum Gasteiger partial charge on any atom is 0.252 e. The molecule has 18 heavy (non-hydrogen) atoms. The second-order valence-corrected chi connectivity index (χ2v) is 3.99. The van der Waals surface area contributed by atoms with Gasteiger partial charge < -0.3 is 15.0 Å². The highest BCUT2D eigenvalue weighted by molar-refractivity contribution is 5.96. The van der Waals surface area contributed by atoms with Gasteiger partial charge in [0.25, 0.3) is 5.91 Å². The molecule has 0 atom stereocenters. The fraction of sp³-hybridized carbons (Fsp3) is 0.250. The lowest BCUT2D eigenvalue weighted by molar-refractivity contribution is 0.0948. The number of carbonyl (C=O) groups excluding carboxylic acids is 1. The molecule has 0 radical (unpaired) electrons. The third kappa shape index (κ3) is 2.32. The number of aryl methyl sites for hydroxylation is 1. The topological polar surface area (TPSA) is 80.0 Å². The van der Waals surface area contributed by atoms with E-state index in [4.69, 9.17) is 0 Å². The van der Waals surface area contributed by atoms with Crippen LogP contribution in [0.5, 0.6) is 5.75 Å². The van der Waals surface area contributed by atoms with E-state index < -0.39 is 0 Å². The Labute approximate surface area is 104 Å². The number of aromatic nitrogens is 3. The van der Waals surface area contributed by atoms with Crippen molar-refractivity contribution in [3.63, 3.8) is 0 Å². The molecule has 2 rings (SSSR count). The third-order valence-electron chi connectivity index (χ3n) is 2.76. The molecule has 0 aliphatic carbocycles. The van der Waals surface area contributed by atoms with Crippen molar-refractivity contribution in [2.45, 2.75) is 13.5 Å². The van der Waals surface area contributed by atoms with Crippen LogP contribution in [0.25, 0.3) is 0 Å². The van der Waals surface area contributed by atoms with Crippen LogP contribution in [0, 0.1) is 6.92 Å². The number of hydrogen-bond donors (Lipinski definition) is 2. The summed E-state index contributed by atoms with van der Waals surface area (Å²) in [7, 11) is 1.81. The lowest BCUT2D eigenvalue weighted by Crippen LogP contribution is -2.25. The van der Waals surface area contributed by atoms with E-state index >= 15 is 0 Å². The van der Waals surface area contributed by atoms with E-state index in [9.17, 15) is 9.90 Å². The Kier molecular flexibility index (Phi) is 3.27. The van der Waals surface area contributed by atoms with E-state index in [0.29, 0.717) is 23.5 Å². The van der Waals surface area contributed by atoms with E-state index in [-0.39, 0.29) is 11.7 Å². The number of phenols is 1. The van der Waals surface area contributed by atoms with Crippen LogP contribution in [-0.2, 0) is 13.6 Å². The molecule has 0 aliphatic rings. The van der Waals surface area contributed by atoms with E-state index in [0.717, 1.165) is 0 Å². The molecule has 0 bridgehead atoms. The van der Waals surface area contributed by atoms with Crippen LogP contribution < -0.4 is 5.32 Å². The van der Waals surface area contributed by atoms with Crippen LogP contribution in [0.3, 0.4) is 0 Å². The Balaban J connectivity index is 2.09. The van der Waals surface area contributed by atoms with Crippen molar-refractivity contribution in [3.8, 4) is 5.75 Å². The Morgan fingerprint density at radius 2 is 2.28 bits per heavy atom. The normalized spacial score (nSPS) is 10.3. The highest BCUT2D eigenvalue weighted by atomic mass is 16.3. The van der Waals surface area contributed by atoms with Gasteiger partial charge in [-0.25, -0.2) is 0 Å². The van der Waals surface area contributed by atoms with E-state index in [1.807, 2.05) is 0 Å².